The van der Waals surface area contributed by atoms with Crippen molar-refractivity contribution in [3.8, 4) is 0 Å². The summed E-state index contributed by atoms with van der Waals surface area (Å²) in [5.74, 6) is -0.341. The smallest absolute Gasteiger partial charge is 0.365 e. The van der Waals surface area contributed by atoms with E-state index in [9.17, 15) is 19.2 Å². The molecule has 0 fully saturated rings. The molecule has 0 bridgehead atoms. The molecule has 4 rings (SSSR count). The molecule has 0 saturated heterocycles. The minimum Gasteiger partial charge on any atom is -0.421 e. The van der Waals surface area contributed by atoms with Gasteiger partial charge in [-0.3, -0.25) is 9.36 Å². The van der Waals surface area contributed by atoms with Gasteiger partial charge in [0.1, 0.15) is 11.5 Å². The summed E-state index contributed by atoms with van der Waals surface area (Å²) in [7, 11) is 0. The topological polar surface area (TPSA) is 94.9 Å². The largest absolute Gasteiger partial charge is 0.421 e. The first-order valence-corrected chi connectivity index (χ1v) is 8.99. The van der Waals surface area contributed by atoms with Crippen LogP contribution in [0.1, 0.15) is 11.3 Å². The molecule has 0 saturated carbocycles. The third-order valence-corrected chi connectivity index (χ3v) is 4.72. The SMILES string of the molecule is O=c1c2cc(Br)ccc2n(Cc2cn(Cc3cccc(F)c3)nn2)c(=O)n1O. The van der Waals surface area contributed by atoms with Crippen LogP contribution in [0.4, 0.5) is 4.39 Å². The van der Waals surface area contributed by atoms with Crippen LogP contribution in [0.25, 0.3) is 10.9 Å². The molecule has 0 aliphatic carbocycles. The van der Waals surface area contributed by atoms with Crippen molar-refractivity contribution in [1.29, 1.82) is 0 Å². The first-order chi connectivity index (χ1) is 13.4. The molecule has 0 radical (unpaired) electrons. The second-order valence-electron chi connectivity index (χ2n) is 6.18. The Hall–Kier alpha value is -3.27. The van der Waals surface area contributed by atoms with Gasteiger partial charge in [-0.2, -0.15) is 0 Å². The molecule has 0 atom stereocenters. The van der Waals surface area contributed by atoms with Crippen molar-refractivity contribution in [1.82, 2.24) is 24.3 Å². The predicted octanol–water partition coefficient (Wildman–Crippen LogP) is 1.99. The van der Waals surface area contributed by atoms with Crippen LogP contribution in [-0.4, -0.2) is 29.5 Å². The molecule has 2 aromatic heterocycles. The molecule has 2 heterocycles. The Morgan fingerprint density at radius 3 is 2.71 bits per heavy atom. The van der Waals surface area contributed by atoms with E-state index in [1.165, 1.54) is 27.4 Å². The molecule has 4 aromatic rings. The van der Waals surface area contributed by atoms with E-state index in [2.05, 4.69) is 26.2 Å². The van der Waals surface area contributed by atoms with E-state index >= 15 is 0 Å². The van der Waals surface area contributed by atoms with E-state index in [0.29, 0.717) is 27.8 Å². The zero-order valence-electron chi connectivity index (χ0n) is 14.3. The molecule has 28 heavy (non-hydrogen) atoms. The molecule has 8 nitrogen and oxygen atoms in total. The van der Waals surface area contributed by atoms with Crippen LogP contribution in [0.2, 0.25) is 0 Å². The summed E-state index contributed by atoms with van der Waals surface area (Å²) in [4.78, 5) is 24.6. The van der Waals surface area contributed by atoms with Gasteiger partial charge in [0.15, 0.2) is 0 Å². The van der Waals surface area contributed by atoms with Crippen LogP contribution < -0.4 is 11.2 Å². The number of hydrogen-bond acceptors (Lipinski definition) is 5. The molecule has 10 heteroatoms. The molecule has 142 valence electrons. The van der Waals surface area contributed by atoms with E-state index in [-0.39, 0.29) is 22.5 Å². The van der Waals surface area contributed by atoms with Gasteiger partial charge in [-0.1, -0.05) is 38.0 Å². The highest BCUT2D eigenvalue weighted by Gasteiger charge is 2.14. The van der Waals surface area contributed by atoms with Crippen molar-refractivity contribution in [2.24, 2.45) is 0 Å². The Kier molecular flexibility index (Phi) is 4.55. The van der Waals surface area contributed by atoms with Gasteiger partial charge in [-0.15, -0.1) is 5.10 Å². The van der Waals surface area contributed by atoms with Crippen LogP contribution >= 0.6 is 15.9 Å². The number of halogens is 2. The minimum atomic E-state index is -0.875. The van der Waals surface area contributed by atoms with E-state index in [1.807, 2.05) is 0 Å². The van der Waals surface area contributed by atoms with Gasteiger partial charge in [0.05, 0.1) is 30.2 Å². The highest BCUT2D eigenvalue weighted by atomic mass is 79.9. The summed E-state index contributed by atoms with van der Waals surface area (Å²) < 4.78 is 16.8. The molecule has 0 aliphatic heterocycles. The molecule has 0 aliphatic rings. The Labute approximate surface area is 165 Å². The minimum absolute atomic E-state index is 0.000949. The number of aromatic nitrogens is 5. The third kappa shape index (κ3) is 3.33. The fraction of sp³-hybridized carbons (Fsp3) is 0.111. The lowest BCUT2D eigenvalue weighted by atomic mass is 10.2. The number of rotatable bonds is 4. The summed E-state index contributed by atoms with van der Waals surface area (Å²) in [6.07, 6.45) is 1.62. The summed E-state index contributed by atoms with van der Waals surface area (Å²) in [5, 5.41) is 18.1. The molecule has 0 unspecified atom stereocenters. The number of fused-ring (bicyclic) bond motifs is 1. The number of nitrogens with zero attached hydrogens (tertiary/aromatic N) is 5. The Bertz CT molecular complexity index is 1310. The van der Waals surface area contributed by atoms with Crippen LogP contribution in [0.15, 0.2) is 62.7 Å². The van der Waals surface area contributed by atoms with Crippen molar-refractivity contribution in [3.63, 3.8) is 0 Å². The van der Waals surface area contributed by atoms with Crippen LogP contribution in [-0.2, 0) is 13.1 Å². The summed E-state index contributed by atoms with van der Waals surface area (Å²) in [6.45, 7) is 0.313. The summed E-state index contributed by atoms with van der Waals surface area (Å²) >= 11 is 3.27. The van der Waals surface area contributed by atoms with E-state index in [1.54, 1.807) is 30.5 Å². The normalized spacial score (nSPS) is 11.2. The quantitative estimate of drug-likeness (QED) is 0.484. The molecular weight excluding hydrogens is 433 g/mol. The van der Waals surface area contributed by atoms with Crippen molar-refractivity contribution >= 4 is 26.8 Å². The van der Waals surface area contributed by atoms with Crippen molar-refractivity contribution in [2.45, 2.75) is 13.1 Å². The first kappa shape index (κ1) is 18.1. The van der Waals surface area contributed by atoms with Gasteiger partial charge in [0.25, 0.3) is 5.56 Å². The van der Waals surface area contributed by atoms with Crippen LogP contribution in [0.3, 0.4) is 0 Å². The van der Waals surface area contributed by atoms with Gasteiger partial charge >= 0.3 is 5.69 Å². The van der Waals surface area contributed by atoms with Gasteiger partial charge in [0, 0.05) is 4.47 Å². The van der Waals surface area contributed by atoms with Crippen molar-refractivity contribution in [2.75, 3.05) is 0 Å². The fourth-order valence-corrected chi connectivity index (χ4v) is 3.32. The maximum atomic E-state index is 13.3. The molecule has 0 spiro atoms. The standard InChI is InChI=1S/C18H13BrFN5O3/c19-12-4-5-16-15(7-12)17(26)25(28)18(27)24(16)10-14-9-23(22-21-14)8-11-2-1-3-13(20)6-11/h1-7,9,28H,8,10H2. The Balaban J connectivity index is 1.70. The van der Waals surface area contributed by atoms with Gasteiger partial charge in [0.2, 0.25) is 0 Å². The molecule has 0 amide bonds. The van der Waals surface area contributed by atoms with E-state index in [0.717, 1.165) is 0 Å². The second-order valence-corrected chi connectivity index (χ2v) is 7.10. The molecule has 1 N–H and O–H groups in total. The summed E-state index contributed by atoms with van der Waals surface area (Å²) in [5.41, 5.74) is -0.149. The van der Waals surface area contributed by atoms with Gasteiger partial charge < -0.3 is 5.21 Å². The molecular formula is C18H13BrFN5O3. The Morgan fingerprint density at radius 1 is 1.11 bits per heavy atom. The second kappa shape index (κ2) is 7.04. The predicted molar refractivity (Wildman–Crippen MR) is 102 cm³/mol. The zero-order valence-corrected chi connectivity index (χ0v) is 15.9. The van der Waals surface area contributed by atoms with E-state index < -0.39 is 11.2 Å². The maximum absolute atomic E-state index is 13.3. The number of hydrogen-bond donors (Lipinski definition) is 1. The number of benzene rings is 2. The van der Waals surface area contributed by atoms with Crippen LogP contribution in [0.5, 0.6) is 0 Å². The fourth-order valence-electron chi connectivity index (χ4n) is 2.96. The summed E-state index contributed by atoms with van der Waals surface area (Å²) in [6, 6.07) is 11.0. The van der Waals surface area contributed by atoms with Crippen molar-refractivity contribution in [3.05, 3.63) is 91.0 Å². The Morgan fingerprint density at radius 2 is 1.93 bits per heavy atom. The monoisotopic (exact) mass is 445 g/mol. The highest BCUT2D eigenvalue weighted by Crippen LogP contribution is 2.16. The first-order valence-electron chi connectivity index (χ1n) is 8.20. The maximum Gasteiger partial charge on any atom is 0.365 e. The average Bonchev–Trinajstić information content (AvgIpc) is 3.10. The third-order valence-electron chi connectivity index (χ3n) is 4.22. The lowest BCUT2D eigenvalue weighted by molar-refractivity contribution is 0.158. The highest BCUT2D eigenvalue weighted by molar-refractivity contribution is 9.10. The lowest BCUT2D eigenvalue weighted by Crippen LogP contribution is -2.39. The average molecular weight is 446 g/mol. The molecule has 2 aromatic carbocycles. The van der Waals surface area contributed by atoms with Gasteiger partial charge in [-0.25, -0.2) is 13.9 Å². The van der Waals surface area contributed by atoms with Crippen molar-refractivity contribution < 1.29 is 9.60 Å². The van der Waals surface area contributed by atoms with E-state index in [4.69, 9.17) is 0 Å². The van der Waals surface area contributed by atoms with Crippen LogP contribution in [0, 0.1) is 5.82 Å². The lowest BCUT2D eigenvalue weighted by Gasteiger charge is -2.09. The zero-order chi connectivity index (χ0) is 19.8. The van der Waals surface area contributed by atoms with Gasteiger partial charge in [-0.05, 0) is 35.9 Å².